The van der Waals surface area contributed by atoms with E-state index >= 15 is 0 Å². The number of hydrogen-bond donors (Lipinski definition) is 1. The molecule has 4 aliphatic rings. The molecule has 32 heavy (non-hydrogen) atoms. The molecule has 3 aliphatic heterocycles. The highest BCUT2D eigenvalue weighted by atomic mass is 16.7. The molecule has 3 heterocycles. The molecule has 5 rings (SSSR count). The van der Waals surface area contributed by atoms with Gasteiger partial charge in [-0.1, -0.05) is 12.1 Å². The zero-order chi connectivity index (χ0) is 22.8. The monoisotopic (exact) mass is 435 g/mol. The van der Waals surface area contributed by atoms with E-state index < -0.39 is 45.2 Å². The molecule has 1 spiro atoms. The van der Waals surface area contributed by atoms with Crippen molar-refractivity contribution in [2.24, 2.45) is 16.7 Å². The van der Waals surface area contributed by atoms with Crippen LogP contribution < -0.4 is 0 Å². The van der Waals surface area contributed by atoms with Gasteiger partial charge in [0.1, 0.15) is 6.10 Å². The van der Waals surface area contributed by atoms with Gasteiger partial charge in [0.05, 0.1) is 42.3 Å². The van der Waals surface area contributed by atoms with Crippen LogP contribution in [0.3, 0.4) is 0 Å². The number of nitrogens with one attached hydrogen (secondary N) is 1. The summed E-state index contributed by atoms with van der Waals surface area (Å²) in [5.41, 5.74) is -4.24. The minimum absolute atomic E-state index is 0.107. The van der Waals surface area contributed by atoms with Gasteiger partial charge in [-0.15, -0.1) is 0 Å². The van der Waals surface area contributed by atoms with Crippen molar-refractivity contribution in [1.29, 1.82) is 21.2 Å². The van der Waals surface area contributed by atoms with E-state index in [1.807, 2.05) is 12.1 Å². The number of benzene rings is 1. The maximum Gasteiger partial charge on any atom is 0.269 e. The van der Waals surface area contributed by atoms with Crippen molar-refractivity contribution in [2.45, 2.75) is 36.9 Å². The third-order valence-corrected chi connectivity index (χ3v) is 7.12. The molecule has 162 valence electrons. The lowest BCUT2D eigenvalue weighted by Crippen LogP contribution is -2.63. The Balaban J connectivity index is 1.72. The normalized spacial score (nSPS) is 35.7. The Labute approximate surface area is 182 Å². The minimum atomic E-state index is -2.20. The summed E-state index contributed by atoms with van der Waals surface area (Å²) in [4.78, 5) is 10.7. The molecule has 1 aromatic carbocycles. The molecule has 0 aromatic heterocycles. The lowest BCUT2D eigenvalue weighted by molar-refractivity contribution is -0.385. The molecule has 1 aromatic rings. The summed E-state index contributed by atoms with van der Waals surface area (Å²) in [6.07, 6.45) is -0.681. The van der Waals surface area contributed by atoms with Gasteiger partial charge in [0, 0.05) is 31.4 Å². The van der Waals surface area contributed by atoms with Gasteiger partial charge in [0.25, 0.3) is 5.69 Å². The summed E-state index contributed by atoms with van der Waals surface area (Å²) in [5, 5.41) is 50.8. The molecule has 4 atom stereocenters. The lowest BCUT2D eigenvalue weighted by atomic mass is 9.51. The molecule has 1 saturated carbocycles. The average Bonchev–Trinajstić information content (AvgIpc) is 3.33. The molecule has 4 unspecified atom stereocenters. The summed E-state index contributed by atoms with van der Waals surface area (Å²) in [6, 6.07) is 11.4. The smallest absolute Gasteiger partial charge is 0.269 e. The molecular formula is C21H17N5O6. The molecule has 0 amide bonds. The van der Waals surface area contributed by atoms with Crippen molar-refractivity contribution in [2.75, 3.05) is 13.2 Å². The number of nitro benzene ring substituents is 1. The van der Waals surface area contributed by atoms with E-state index in [9.17, 15) is 25.9 Å². The third kappa shape index (κ3) is 2.24. The van der Waals surface area contributed by atoms with E-state index in [1.54, 1.807) is 0 Å². The van der Waals surface area contributed by atoms with Crippen LogP contribution in [0, 0.1) is 66.3 Å². The highest BCUT2D eigenvalue weighted by Gasteiger charge is 2.82. The first kappa shape index (κ1) is 20.3. The first-order valence-corrected chi connectivity index (χ1v) is 10.0. The molecule has 11 heteroatoms. The molecular weight excluding hydrogens is 418 g/mol. The van der Waals surface area contributed by atoms with Crippen molar-refractivity contribution in [3.8, 4) is 18.2 Å². The Morgan fingerprint density at radius 1 is 1.12 bits per heavy atom. The predicted molar refractivity (Wildman–Crippen MR) is 102 cm³/mol. The number of nitro groups is 1. The van der Waals surface area contributed by atoms with E-state index in [2.05, 4.69) is 6.07 Å². The topological polar surface area (TPSA) is 175 Å². The van der Waals surface area contributed by atoms with E-state index in [4.69, 9.17) is 24.4 Å². The molecule has 3 saturated heterocycles. The lowest BCUT2D eigenvalue weighted by Gasteiger charge is -2.54. The van der Waals surface area contributed by atoms with Crippen molar-refractivity contribution in [3.05, 3.63) is 39.9 Å². The third-order valence-electron chi connectivity index (χ3n) is 7.12. The molecule has 2 bridgehead atoms. The number of nitrogens with zero attached hydrogens (tertiary/aromatic N) is 4. The van der Waals surface area contributed by atoms with E-state index in [1.165, 1.54) is 24.3 Å². The zero-order valence-electron chi connectivity index (χ0n) is 16.7. The second kappa shape index (κ2) is 6.47. The van der Waals surface area contributed by atoms with Crippen LogP contribution >= 0.6 is 0 Å². The quantitative estimate of drug-likeness (QED) is 0.540. The number of nitriles is 3. The summed E-state index contributed by atoms with van der Waals surface area (Å²) in [7, 11) is 0. The number of ether oxygens (including phenoxy) is 4. The fraction of sp³-hybridized carbons (Fsp3) is 0.524. The van der Waals surface area contributed by atoms with Gasteiger partial charge in [-0.2, -0.15) is 15.8 Å². The standard InChI is InChI=1S/C21H17N5O6/c22-10-18(11-23)16(13-2-1-3-14(8-13)26(27)28)31-21-5-4-19(29-6-7-30-19)9-15(21)20(18,12-24)17(25)32-21/h1-3,8,15-16,25H,4-7,9H2. The summed E-state index contributed by atoms with van der Waals surface area (Å²) < 4.78 is 23.8. The van der Waals surface area contributed by atoms with Crippen molar-refractivity contribution in [1.82, 2.24) is 0 Å². The van der Waals surface area contributed by atoms with E-state index in [0.29, 0.717) is 19.6 Å². The van der Waals surface area contributed by atoms with Crippen LogP contribution in [0.15, 0.2) is 24.3 Å². The first-order chi connectivity index (χ1) is 15.3. The van der Waals surface area contributed by atoms with Crippen LogP contribution in [0.5, 0.6) is 0 Å². The maximum absolute atomic E-state index is 11.3. The van der Waals surface area contributed by atoms with Crippen LogP contribution in [0.1, 0.15) is 30.9 Å². The molecule has 4 fully saturated rings. The largest absolute Gasteiger partial charge is 0.447 e. The summed E-state index contributed by atoms with van der Waals surface area (Å²) in [5.74, 6) is -3.85. The number of rotatable bonds is 2. The summed E-state index contributed by atoms with van der Waals surface area (Å²) in [6.45, 7) is 0.743. The van der Waals surface area contributed by atoms with Crippen molar-refractivity contribution >= 4 is 11.6 Å². The fourth-order valence-corrected chi connectivity index (χ4v) is 5.65. The second-order valence-electron chi connectivity index (χ2n) is 8.41. The Morgan fingerprint density at radius 2 is 1.84 bits per heavy atom. The molecule has 11 nitrogen and oxygen atoms in total. The van der Waals surface area contributed by atoms with E-state index in [0.717, 1.165) is 0 Å². The Hall–Kier alpha value is -3.56. The van der Waals surface area contributed by atoms with Crippen LogP contribution in [-0.4, -0.2) is 35.6 Å². The van der Waals surface area contributed by atoms with Crippen molar-refractivity contribution < 1.29 is 23.9 Å². The van der Waals surface area contributed by atoms with Gasteiger partial charge in [-0.25, -0.2) is 0 Å². The number of hydrogen-bond acceptors (Lipinski definition) is 10. The highest BCUT2D eigenvalue weighted by Crippen LogP contribution is 2.70. The Kier molecular flexibility index (Phi) is 4.12. The molecule has 1 N–H and O–H groups in total. The zero-order valence-corrected chi connectivity index (χ0v) is 16.7. The SMILES string of the molecule is N#CC1(C#N)C(c2cccc([N+](=O)[O-])c2)OC23CCC4(CC2C1(C#N)C(=N)O3)OCCO4. The Morgan fingerprint density at radius 3 is 2.47 bits per heavy atom. The van der Waals surface area contributed by atoms with Gasteiger partial charge in [0.2, 0.25) is 17.1 Å². The van der Waals surface area contributed by atoms with E-state index in [-0.39, 0.29) is 24.1 Å². The van der Waals surface area contributed by atoms with Crippen LogP contribution in [0.25, 0.3) is 0 Å². The van der Waals surface area contributed by atoms with Gasteiger partial charge >= 0.3 is 0 Å². The maximum atomic E-state index is 11.3. The fourth-order valence-electron chi connectivity index (χ4n) is 5.65. The van der Waals surface area contributed by atoms with Gasteiger partial charge in [-0.3, -0.25) is 15.5 Å². The summed E-state index contributed by atoms with van der Waals surface area (Å²) >= 11 is 0. The van der Waals surface area contributed by atoms with Crippen LogP contribution in [-0.2, 0) is 18.9 Å². The molecule has 1 aliphatic carbocycles. The Bertz CT molecular complexity index is 1140. The molecule has 0 radical (unpaired) electrons. The average molecular weight is 435 g/mol. The first-order valence-electron chi connectivity index (χ1n) is 10.0. The second-order valence-corrected chi connectivity index (χ2v) is 8.41. The number of non-ortho nitro benzene ring substituents is 1. The highest BCUT2D eigenvalue weighted by molar-refractivity contribution is 5.89. The van der Waals surface area contributed by atoms with Gasteiger partial charge in [-0.05, 0) is 5.56 Å². The van der Waals surface area contributed by atoms with Crippen LogP contribution in [0.4, 0.5) is 5.69 Å². The van der Waals surface area contributed by atoms with Crippen molar-refractivity contribution in [3.63, 3.8) is 0 Å². The minimum Gasteiger partial charge on any atom is -0.447 e. The van der Waals surface area contributed by atoms with Gasteiger partial charge in [0.15, 0.2) is 11.2 Å². The predicted octanol–water partition coefficient (Wildman–Crippen LogP) is 2.46. The van der Waals surface area contributed by atoms with Crippen LogP contribution in [0.2, 0.25) is 0 Å². The van der Waals surface area contributed by atoms with Gasteiger partial charge < -0.3 is 18.9 Å².